The van der Waals surface area contributed by atoms with E-state index >= 15 is 0 Å². The van der Waals surface area contributed by atoms with Gasteiger partial charge >= 0.3 is 0 Å². The molecule has 5 nitrogen and oxygen atoms in total. The summed E-state index contributed by atoms with van der Waals surface area (Å²) in [6.07, 6.45) is 1.45. The van der Waals surface area contributed by atoms with Crippen LogP contribution in [-0.2, 0) is 13.0 Å². The van der Waals surface area contributed by atoms with E-state index in [1.54, 1.807) is 12.1 Å². The number of nitrogens with zero attached hydrogens (tertiary/aromatic N) is 3. The highest BCUT2D eigenvalue weighted by Crippen LogP contribution is 2.27. The van der Waals surface area contributed by atoms with Crippen molar-refractivity contribution in [3.8, 4) is 0 Å². The number of rotatable bonds is 6. The first-order valence-corrected chi connectivity index (χ1v) is 7.49. The third kappa shape index (κ3) is 3.48. The molecule has 3 rings (SSSR count). The Morgan fingerprint density at radius 3 is 2.65 bits per heavy atom. The molecule has 0 atom stereocenters. The van der Waals surface area contributed by atoms with Gasteiger partial charge in [0.15, 0.2) is 5.52 Å². The Morgan fingerprint density at radius 1 is 1.13 bits per heavy atom. The maximum Gasteiger partial charge on any atom is 0.158 e. The summed E-state index contributed by atoms with van der Waals surface area (Å²) in [6, 6.07) is 10.4. The van der Waals surface area contributed by atoms with E-state index in [0.29, 0.717) is 24.0 Å². The first-order chi connectivity index (χ1) is 11.2. The van der Waals surface area contributed by atoms with Gasteiger partial charge < -0.3 is 10.0 Å². The molecular weight excluding hydrogens is 297 g/mol. The van der Waals surface area contributed by atoms with Crippen molar-refractivity contribution in [2.24, 2.45) is 0 Å². The highest BCUT2D eigenvalue weighted by Gasteiger charge is 2.13. The summed E-state index contributed by atoms with van der Waals surface area (Å²) in [7, 11) is 1.95. The fraction of sp³-hybridized carbons (Fsp3) is 0.294. The number of fused-ring (bicyclic) bond motifs is 1. The van der Waals surface area contributed by atoms with Gasteiger partial charge in [-0.3, -0.25) is 0 Å². The molecule has 0 fully saturated rings. The lowest BCUT2D eigenvalue weighted by Crippen LogP contribution is -2.17. The lowest BCUT2D eigenvalue weighted by Gasteiger charge is -2.20. The van der Waals surface area contributed by atoms with Gasteiger partial charge in [-0.05, 0) is 58.5 Å². The molecule has 0 unspecified atom stereocenters. The molecule has 0 aliphatic rings. The summed E-state index contributed by atoms with van der Waals surface area (Å²) in [4.78, 5) is 2.03. The zero-order valence-electron chi connectivity index (χ0n) is 12.9. The number of aliphatic hydroxyl groups is 1. The van der Waals surface area contributed by atoms with E-state index in [2.05, 4.69) is 10.3 Å². The summed E-state index contributed by atoms with van der Waals surface area (Å²) >= 11 is 0. The maximum atomic E-state index is 13.0. The lowest BCUT2D eigenvalue weighted by atomic mass is 10.1. The molecule has 1 heterocycles. The third-order valence-electron chi connectivity index (χ3n) is 3.77. The number of aliphatic hydroxyl groups excluding tert-OH is 1. The highest BCUT2D eigenvalue weighted by atomic mass is 19.1. The van der Waals surface area contributed by atoms with E-state index in [1.165, 1.54) is 12.1 Å². The van der Waals surface area contributed by atoms with E-state index < -0.39 is 0 Å². The van der Waals surface area contributed by atoms with Gasteiger partial charge in [0.25, 0.3) is 0 Å². The Hall–Kier alpha value is -2.47. The quantitative estimate of drug-likeness (QED) is 0.758. The Morgan fingerprint density at radius 2 is 1.91 bits per heavy atom. The summed E-state index contributed by atoms with van der Waals surface area (Å²) in [5.41, 5.74) is 4.37. The minimum Gasteiger partial charge on any atom is -0.396 e. The molecule has 0 radical (unpaired) electrons. The zero-order valence-corrected chi connectivity index (χ0v) is 12.9. The largest absolute Gasteiger partial charge is 0.396 e. The van der Waals surface area contributed by atoms with Crippen LogP contribution in [0.5, 0.6) is 0 Å². The molecule has 0 saturated carbocycles. The summed E-state index contributed by atoms with van der Waals surface area (Å²) in [5.74, 6) is -0.245. The maximum absolute atomic E-state index is 13.0. The van der Waals surface area contributed by atoms with Crippen molar-refractivity contribution in [1.82, 2.24) is 10.3 Å². The van der Waals surface area contributed by atoms with Crippen LogP contribution in [0.15, 0.2) is 41.0 Å². The zero-order chi connectivity index (χ0) is 16.2. The van der Waals surface area contributed by atoms with Gasteiger partial charge in [-0.25, -0.2) is 9.02 Å². The molecule has 0 amide bonds. The van der Waals surface area contributed by atoms with Gasteiger partial charge in [-0.1, -0.05) is 12.1 Å². The molecule has 120 valence electrons. The van der Waals surface area contributed by atoms with Gasteiger partial charge in [0.05, 0.1) is 5.69 Å². The van der Waals surface area contributed by atoms with Crippen LogP contribution < -0.4 is 4.90 Å². The molecule has 0 spiro atoms. The average molecular weight is 315 g/mol. The molecule has 0 aliphatic heterocycles. The summed E-state index contributed by atoms with van der Waals surface area (Å²) in [5, 5.41) is 16.9. The van der Waals surface area contributed by atoms with Crippen LogP contribution in [0.2, 0.25) is 0 Å². The van der Waals surface area contributed by atoms with Crippen LogP contribution in [0.25, 0.3) is 11.0 Å². The smallest absolute Gasteiger partial charge is 0.158 e. The van der Waals surface area contributed by atoms with Crippen molar-refractivity contribution < 1.29 is 14.1 Å². The van der Waals surface area contributed by atoms with Crippen LogP contribution in [0.4, 0.5) is 10.1 Å². The molecule has 23 heavy (non-hydrogen) atoms. The van der Waals surface area contributed by atoms with Crippen LogP contribution in [-0.4, -0.2) is 29.1 Å². The molecule has 0 bridgehead atoms. The fourth-order valence-electron chi connectivity index (χ4n) is 2.60. The first-order valence-electron chi connectivity index (χ1n) is 7.49. The number of anilines is 1. The van der Waals surface area contributed by atoms with Crippen LogP contribution in [0, 0.1) is 5.82 Å². The number of benzene rings is 2. The normalized spacial score (nSPS) is 11.1. The molecular formula is C17H18FN3O2. The monoisotopic (exact) mass is 315 g/mol. The number of aryl methyl sites for hydroxylation is 1. The predicted octanol–water partition coefficient (Wildman–Crippen LogP) is 2.92. The van der Waals surface area contributed by atoms with Crippen molar-refractivity contribution in [3.05, 3.63) is 53.3 Å². The van der Waals surface area contributed by atoms with E-state index in [0.717, 1.165) is 23.2 Å². The first kappa shape index (κ1) is 15.4. The highest BCUT2D eigenvalue weighted by molar-refractivity contribution is 5.88. The molecule has 1 aromatic heterocycles. The Kier molecular flexibility index (Phi) is 4.52. The van der Waals surface area contributed by atoms with Gasteiger partial charge in [0.1, 0.15) is 11.3 Å². The number of hydrogen-bond acceptors (Lipinski definition) is 5. The van der Waals surface area contributed by atoms with Crippen molar-refractivity contribution >= 4 is 16.7 Å². The second kappa shape index (κ2) is 6.75. The van der Waals surface area contributed by atoms with E-state index in [9.17, 15) is 4.39 Å². The van der Waals surface area contributed by atoms with Gasteiger partial charge in [0.2, 0.25) is 0 Å². The fourth-order valence-corrected chi connectivity index (χ4v) is 2.60. The molecule has 3 aromatic rings. The minimum absolute atomic E-state index is 0.149. The van der Waals surface area contributed by atoms with E-state index in [4.69, 9.17) is 9.74 Å². The Balaban J connectivity index is 1.90. The predicted molar refractivity (Wildman–Crippen MR) is 85.7 cm³/mol. The molecule has 6 heteroatoms. The summed E-state index contributed by atoms with van der Waals surface area (Å²) < 4.78 is 17.9. The van der Waals surface area contributed by atoms with Gasteiger partial charge in [-0.2, -0.15) is 0 Å². The molecule has 2 aromatic carbocycles. The van der Waals surface area contributed by atoms with Crippen molar-refractivity contribution in [2.45, 2.75) is 19.4 Å². The SMILES string of the molecule is CN(Cc1ccc(F)cc1)c1cc(CCCO)cc2nonc12. The third-order valence-corrected chi connectivity index (χ3v) is 3.77. The number of aromatic nitrogens is 2. The van der Waals surface area contributed by atoms with Crippen molar-refractivity contribution in [1.29, 1.82) is 0 Å². The second-order valence-corrected chi connectivity index (χ2v) is 5.56. The molecule has 1 N–H and O–H groups in total. The average Bonchev–Trinajstić information content (AvgIpc) is 3.02. The van der Waals surface area contributed by atoms with Gasteiger partial charge in [-0.15, -0.1) is 0 Å². The molecule has 0 aliphatic carbocycles. The minimum atomic E-state index is -0.245. The van der Waals surface area contributed by atoms with E-state index in [1.807, 2.05) is 24.1 Å². The van der Waals surface area contributed by atoms with Crippen LogP contribution in [0.1, 0.15) is 17.5 Å². The standard InChI is InChI=1S/C17H18FN3O2/c1-21(11-12-4-6-14(18)7-5-12)16-10-13(3-2-8-22)9-15-17(16)20-23-19-15/h4-7,9-10,22H,2-3,8,11H2,1H3. The number of hydrogen-bond donors (Lipinski definition) is 1. The van der Waals surface area contributed by atoms with Crippen molar-refractivity contribution in [3.63, 3.8) is 0 Å². The van der Waals surface area contributed by atoms with Crippen molar-refractivity contribution in [2.75, 3.05) is 18.6 Å². The molecule has 0 saturated heterocycles. The van der Waals surface area contributed by atoms with Gasteiger partial charge in [0, 0.05) is 20.2 Å². The topological polar surface area (TPSA) is 62.4 Å². The Labute approximate surface area is 133 Å². The second-order valence-electron chi connectivity index (χ2n) is 5.56. The Bertz CT molecular complexity index is 786. The summed E-state index contributed by atoms with van der Waals surface area (Å²) in [6.45, 7) is 0.765. The van der Waals surface area contributed by atoms with E-state index in [-0.39, 0.29) is 12.4 Å². The lowest BCUT2D eigenvalue weighted by molar-refractivity contribution is 0.288. The number of halogens is 1. The van der Waals surface area contributed by atoms with Crippen LogP contribution in [0.3, 0.4) is 0 Å². The van der Waals surface area contributed by atoms with Crippen LogP contribution >= 0.6 is 0 Å².